The molecule has 0 saturated heterocycles. The van der Waals surface area contributed by atoms with Crippen LogP contribution in [0, 0.1) is 5.92 Å². The summed E-state index contributed by atoms with van der Waals surface area (Å²) in [5, 5.41) is 8.82. The maximum absolute atomic E-state index is 7.37. The Kier molecular flexibility index (Phi) is 11.4. The summed E-state index contributed by atoms with van der Waals surface area (Å²) in [6, 6.07) is 55.4. The molecule has 382 valence electrons. The van der Waals surface area contributed by atoms with Crippen molar-refractivity contribution in [2.24, 2.45) is 5.92 Å². The van der Waals surface area contributed by atoms with Gasteiger partial charge >= 0.3 is 0 Å². The zero-order chi connectivity index (χ0) is 51.3. The van der Waals surface area contributed by atoms with Crippen LogP contribution in [0.3, 0.4) is 0 Å². The second kappa shape index (κ2) is 19.2. The number of ether oxygens (including phenoxy) is 1. The van der Waals surface area contributed by atoms with Crippen molar-refractivity contribution in [3.63, 3.8) is 0 Å². The first-order valence-corrected chi connectivity index (χ1v) is 31.2. The van der Waals surface area contributed by atoms with E-state index in [1.807, 2.05) is 0 Å². The SMILES string of the molecule is C1=CCCC(c2ccc(N(C3=C4Oc5c(C6CCCC6)cccc5C4CC=C3)c3ccc4ccc5c(N(C6=c7oc8c(c7=CC=I6)CCC=C8C6CCCC6)c6ccc(-c7ccccc7)cc6)ccc6ccc3c4c65)cc2)=C1. The lowest BCUT2D eigenvalue weighted by molar-refractivity contribution is 0.411. The molecule has 1 atom stereocenters. The molecule has 0 amide bonds. The zero-order valence-corrected chi connectivity index (χ0v) is 46.1. The number of para-hydroxylation sites is 1. The van der Waals surface area contributed by atoms with Crippen LogP contribution in [0.2, 0.25) is 0 Å². The fraction of sp³-hybridized carbons (Fsp3) is 0.219. The van der Waals surface area contributed by atoms with Gasteiger partial charge in [0, 0.05) is 38.5 Å². The highest BCUT2D eigenvalue weighted by atomic mass is 127. The van der Waals surface area contributed by atoms with Crippen LogP contribution in [-0.4, -0.2) is 4.01 Å². The molecule has 0 radical (unpaired) electrons. The smallest absolute Gasteiger partial charge is 0.164 e. The van der Waals surface area contributed by atoms with E-state index >= 15 is 0 Å². The summed E-state index contributed by atoms with van der Waals surface area (Å²) >= 11 is -0.577. The van der Waals surface area contributed by atoms with Gasteiger partial charge in [-0.25, -0.2) is 0 Å². The molecule has 16 rings (SSSR count). The molecule has 7 aliphatic rings. The summed E-state index contributed by atoms with van der Waals surface area (Å²) in [4.78, 5) is 5.11. The molecule has 1 unspecified atom stereocenters. The number of fused-ring (bicyclic) bond motifs is 6. The number of nitrogens with zero attached hydrogens (tertiary/aromatic N) is 2. The van der Waals surface area contributed by atoms with Crippen molar-refractivity contribution in [1.82, 2.24) is 0 Å². The molecule has 5 aliphatic carbocycles. The van der Waals surface area contributed by atoms with E-state index in [9.17, 15) is 0 Å². The van der Waals surface area contributed by atoms with Crippen molar-refractivity contribution in [1.29, 1.82) is 0 Å². The summed E-state index contributed by atoms with van der Waals surface area (Å²) in [6.45, 7) is 0. The highest BCUT2D eigenvalue weighted by Gasteiger charge is 2.39. The van der Waals surface area contributed by atoms with Crippen LogP contribution in [0.1, 0.15) is 117 Å². The standard InChI is InChI=1S/C73H61IN2O2/c1-3-14-46(15-4-1)48-28-36-54(37-29-48)75(66-27-13-26-60-58-24-11-22-56(50-18-7-8-19-50)69(58)77-71(60)66)64-42-34-52-33-41-63-65(43-35-53-32-40-62(64)67(52)68(53)63)76(55-38-30-49(31-39-55)47-16-5-2-6-17-47)73-72-61(44-45-74-73)59-25-12-23-57(70(59)78-72)51-20-9-10-21-51/h1-3,5-6,11,13-14,16-17,22-24,27-45,50-51,60H,4,7-10,12,15,18-21,25-26H2. The van der Waals surface area contributed by atoms with E-state index in [0.717, 1.165) is 77.5 Å². The van der Waals surface area contributed by atoms with Gasteiger partial charge in [-0.3, -0.25) is 0 Å². The van der Waals surface area contributed by atoms with Crippen molar-refractivity contribution < 1.29 is 9.15 Å². The first-order valence-electron chi connectivity index (χ1n) is 28.9. The monoisotopic (exact) mass is 1120 g/mol. The van der Waals surface area contributed by atoms with Gasteiger partial charge in [0.05, 0.1) is 23.0 Å². The van der Waals surface area contributed by atoms with Gasteiger partial charge in [-0.2, -0.15) is 0 Å². The van der Waals surface area contributed by atoms with Gasteiger partial charge in [-0.15, -0.1) is 0 Å². The van der Waals surface area contributed by atoms with Gasteiger partial charge in [0.2, 0.25) is 0 Å². The first kappa shape index (κ1) is 46.6. The molecule has 4 nitrogen and oxygen atoms in total. The average molecular weight is 1130 g/mol. The topological polar surface area (TPSA) is 28.9 Å². The Bertz CT molecular complexity index is 4210. The van der Waals surface area contributed by atoms with Crippen LogP contribution in [0.15, 0.2) is 198 Å². The van der Waals surface area contributed by atoms with Crippen LogP contribution in [0.25, 0.3) is 64.4 Å². The number of allylic oxidation sites excluding steroid dienone is 9. The lowest BCUT2D eigenvalue weighted by atomic mass is 9.87. The third-order valence-corrected chi connectivity index (χ3v) is 20.7. The zero-order valence-electron chi connectivity index (χ0n) is 44.0. The van der Waals surface area contributed by atoms with Crippen LogP contribution in [0.5, 0.6) is 5.75 Å². The van der Waals surface area contributed by atoms with Gasteiger partial charge in [0.1, 0.15) is 21.0 Å². The number of furan rings is 1. The molecule has 2 aliphatic heterocycles. The van der Waals surface area contributed by atoms with E-state index in [1.54, 1.807) is 0 Å². The van der Waals surface area contributed by atoms with Crippen molar-refractivity contribution in [3.8, 4) is 16.9 Å². The molecule has 8 aromatic carbocycles. The highest BCUT2D eigenvalue weighted by molar-refractivity contribution is 14.2. The van der Waals surface area contributed by atoms with Crippen molar-refractivity contribution in [2.75, 3.05) is 9.80 Å². The van der Waals surface area contributed by atoms with Crippen LogP contribution >= 0.6 is 20.7 Å². The predicted octanol–water partition coefficient (Wildman–Crippen LogP) is 18.7. The number of hydrogen-bond donors (Lipinski definition) is 0. The quantitative estimate of drug-likeness (QED) is 0.0775. The molecule has 0 spiro atoms. The summed E-state index contributed by atoms with van der Waals surface area (Å²) < 4.78 is 18.5. The maximum atomic E-state index is 7.37. The molecule has 0 bridgehead atoms. The van der Waals surface area contributed by atoms with Gasteiger partial charge in [-0.05, 0) is 177 Å². The summed E-state index contributed by atoms with van der Waals surface area (Å²) in [5.74, 6) is 4.66. The fourth-order valence-corrected chi connectivity index (χ4v) is 17.0. The lowest BCUT2D eigenvalue weighted by Crippen LogP contribution is -2.31. The van der Waals surface area contributed by atoms with Gasteiger partial charge in [-0.1, -0.05) is 186 Å². The Hall–Kier alpha value is -7.48. The minimum Gasteiger partial charge on any atom is -0.458 e. The number of rotatable bonds is 10. The molecular formula is C73H61IN2O2. The minimum absolute atomic E-state index is 0.165. The lowest BCUT2D eigenvalue weighted by Gasteiger charge is -2.32. The summed E-state index contributed by atoms with van der Waals surface area (Å²) in [7, 11) is 0. The Balaban J connectivity index is 0.897. The van der Waals surface area contributed by atoms with Crippen LogP contribution in [0.4, 0.5) is 22.7 Å². The Labute approximate surface area is 466 Å². The fourth-order valence-electron chi connectivity index (χ4n) is 14.6. The number of anilines is 4. The Morgan fingerprint density at radius 2 is 1.22 bits per heavy atom. The van der Waals surface area contributed by atoms with E-state index in [-0.39, 0.29) is 5.92 Å². The second-order valence-corrected chi connectivity index (χ2v) is 25.1. The maximum Gasteiger partial charge on any atom is 0.164 e. The number of benzene rings is 8. The number of hydrogen-bond acceptors (Lipinski definition) is 4. The second-order valence-electron chi connectivity index (χ2n) is 22.7. The van der Waals surface area contributed by atoms with Gasteiger partial charge in [0.25, 0.3) is 0 Å². The molecular weight excluding hydrogens is 1060 g/mol. The Morgan fingerprint density at radius 3 is 1.95 bits per heavy atom. The normalized spacial score (nSPS) is 18.9. The van der Waals surface area contributed by atoms with Crippen molar-refractivity contribution >= 4 is 101 Å². The summed E-state index contributed by atoms with van der Waals surface area (Å²) in [6.07, 6.45) is 31.8. The van der Waals surface area contributed by atoms with Crippen LogP contribution in [-0.2, 0) is 6.42 Å². The van der Waals surface area contributed by atoms with E-state index in [4.69, 9.17) is 9.15 Å². The molecule has 78 heavy (non-hydrogen) atoms. The number of halogens is 1. The summed E-state index contributed by atoms with van der Waals surface area (Å²) in [5.41, 5.74) is 17.5. The molecule has 5 heteroatoms. The molecule has 1 aromatic heterocycles. The molecule has 3 heterocycles. The third kappa shape index (κ3) is 7.62. The predicted molar refractivity (Wildman–Crippen MR) is 335 cm³/mol. The van der Waals surface area contributed by atoms with Gasteiger partial charge < -0.3 is 19.0 Å². The Morgan fingerprint density at radius 1 is 0.551 bits per heavy atom. The first-order chi connectivity index (χ1) is 38.7. The van der Waals surface area contributed by atoms with E-state index < -0.39 is 20.7 Å². The van der Waals surface area contributed by atoms with Crippen LogP contribution < -0.4 is 25.2 Å². The van der Waals surface area contributed by atoms with E-state index in [2.05, 4.69) is 202 Å². The molecule has 9 aromatic rings. The third-order valence-electron chi connectivity index (χ3n) is 18.4. The van der Waals surface area contributed by atoms with Crippen molar-refractivity contribution in [3.05, 3.63) is 232 Å². The van der Waals surface area contributed by atoms with Crippen molar-refractivity contribution in [2.45, 2.75) is 95.3 Å². The van der Waals surface area contributed by atoms with E-state index in [1.165, 1.54) is 143 Å². The van der Waals surface area contributed by atoms with Gasteiger partial charge in [0.15, 0.2) is 5.42 Å². The molecule has 0 N–H and O–H groups in total. The largest absolute Gasteiger partial charge is 0.458 e. The minimum atomic E-state index is -0.577. The molecule has 2 fully saturated rings. The molecule has 2 saturated carbocycles. The average Bonchev–Trinajstić information content (AvgIpc) is 4.42. The highest BCUT2D eigenvalue weighted by Crippen LogP contribution is 2.54. The van der Waals surface area contributed by atoms with E-state index in [0.29, 0.717) is 11.8 Å².